The molecule has 4 rings (SSSR count). The summed E-state index contributed by atoms with van der Waals surface area (Å²) in [6, 6.07) is 7.28. The maximum atomic E-state index is 14.9. The maximum absolute atomic E-state index is 14.9. The van der Waals surface area contributed by atoms with Gasteiger partial charge in [-0.3, -0.25) is 14.4 Å². The molecule has 2 aromatic heterocycles. The number of cyclic esters (lactones) is 1. The molecular formula is C20H21F2N6O6P. The number of halogens is 2. The monoisotopic (exact) mass is 510 g/mol. The molecule has 15 heteroatoms. The Bertz CT molecular complexity index is 1250. The number of carbonyl (C=O) groups is 1. The Morgan fingerprint density at radius 2 is 2.11 bits per heavy atom. The van der Waals surface area contributed by atoms with Gasteiger partial charge in [0.05, 0.1) is 18.8 Å². The van der Waals surface area contributed by atoms with Crippen LogP contribution in [0.25, 0.3) is 22.6 Å². The number of hydrogen-bond acceptors (Lipinski definition) is 8. The lowest BCUT2D eigenvalue weighted by Crippen LogP contribution is -2.34. The van der Waals surface area contributed by atoms with Crippen LogP contribution in [0.1, 0.15) is 13.3 Å². The minimum atomic E-state index is -5.00. The minimum Gasteiger partial charge on any atom is -0.441 e. The summed E-state index contributed by atoms with van der Waals surface area (Å²) in [6.45, 7) is 1.04. The zero-order valence-corrected chi connectivity index (χ0v) is 19.3. The number of phosphoric ester groups is 1. The third-order valence-corrected chi connectivity index (χ3v) is 5.66. The van der Waals surface area contributed by atoms with Gasteiger partial charge < -0.3 is 14.5 Å². The quantitative estimate of drug-likeness (QED) is 0.411. The van der Waals surface area contributed by atoms with Crippen molar-refractivity contribution in [2.75, 3.05) is 18.1 Å². The molecule has 2 N–H and O–H groups in total. The van der Waals surface area contributed by atoms with Crippen LogP contribution < -0.4 is 4.90 Å². The van der Waals surface area contributed by atoms with E-state index >= 15 is 0 Å². The smallest absolute Gasteiger partial charge is 0.441 e. The van der Waals surface area contributed by atoms with Crippen molar-refractivity contribution in [2.45, 2.75) is 32.1 Å². The van der Waals surface area contributed by atoms with Crippen molar-refractivity contribution in [1.29, 1.82) is 0 Å². The van der Waals surface area contributed by atoms with E-state index in [0.29, 0.717) is 23.6 Å². The maximum Gasteiger partial charge on any atom is 0.470 e. The van der Waals surface area contributed by atoms with Gasteiger partial charge in [0.2, 0.25) is 5.82 Å². The molecule has 3 heterocycles. The van der Waals surface area contributed by atoms with Gasteiger partial charge in [0.15, 0.2) is 6.10 Å². The molecule has 186 valence electrons. The Morgan fingerprint density at radius 3 is 2.74 bits per heavy atom. The molecule has 0 bridgehead atoms. The number of benzene rings is 1. The number of aryl methyl sites for hydroxylation is 1. The second-order valence-corrected chi connectivity index (χ2v) is 8.82. The van der Waals surface area contributed by atoms with Gasteiger partial charge in [-0.05, 0) is 35.9 Å². The van der Waals surface area contributed by atoms with Crippen LogP contribution in [0.5, 0.6) is 0 Å². The molecule has 1 aliphatic rings. The average Bonchev–Trinajstić information content (AvgIpc) is 3.44. The SMILES string of the molecule is CCCn1nnc(-c2ccc(-c3ccc(N4C[C@@H](C(CF)OP(=O)(O)O)OC4=O)cc3F)cn2)n1. The summed E-state index contributed by atoms with van der Waals surface area (Å²) in [5.74, 6) is -0.314. The van der Waals surface area contributed by atoms with Crippen molar-refractivity contribution < 1.29 is 37.2 Å². The third-order valence-electron chi connectivity index (χ3n) is 5.12. The first-order valence-electron chi connectivity index (χ1n) is 10.5. The van der Waals surface area contributed by atoms with Crippen molar-refractivity contribution in [3.8, 4) is 22.6 Å². The fourth-order valence-corrected chi connectivity index (χ4v) is 4.04. The summed E-state index contributed by atoms with van der Waals surface area (Å²) in [5, 5.41) is 12.1. The molecule has 1 aliphatic heterocycles. The van der Waals surface area contributed by atoms with Crippen molar-refractivity contribution in [3.05, 3.63) is 42.3 Å². The summed E-state index contributed by atoms with van der Waals surface area (Å²) < 4.78 is 48.5. The van der Waals surface area contributed by atoms with Gasteiger partial charge in [-0.1, -0.05) is 13.0 Å². The van der Waals surface area contributed by atoms with E-state index in [2.05, 4.69) is 24.9 Å². The van der Waals surface area contributed by atoms with E-state index in [1.807, 2.05) is 6.92 Å². The van der Waals surface area contributed by atoms with E-state index in [9.17, 15) is 18.1 Å². The lowest BCUT2D eigenvalue weighted by molar-refractivity contribution is 0.0162. The number of carbonyl (C=O) groups excluding carboxylic acids is 1. The van der Waals surface area contributed by atoms with Gasteiger partial charge in [0.1, 0.15) is 24.3 Å². The standard InChI is InChI=1S/C20H21F2N6O6P/c1-2-7-28-25-19(24-26-28)16-6-3-12(10-23-16)14-5-4-13(8-15(14)22)27-11-18(33-20(27)29)17(9-21)34-35(30,31)32/h3-6,8,10,17-18H,2,7,9,11H2,1H3,(H2,30,31,32)/t17?,18-/m0/s1. The second-order valence-electron chi connectivity index (χ2n) is 7.63. The van der Waals surface area contributed by atoms with Crippen LogP contribution in [-0.2, 0) is 20.4 Å². The molecule has 1 aromatic carbocycles. The lowest BCUT2D eigenvalue weighted by Gasteiger charge is -2.19. The molecule has 0 saturated carbocycles. The number of hydrogen-bond donors (Lipinski definition) is 2. The van der Waals surface area contributed by atoms with Crippen LogP contribution in [0.3, 0.4) is 0 Å². The first-order valence-corrected chi connectivity index (χ1v) is 12.0. The second kappa shape index (κ2) is 10.1. The van der Waals surface area contributed by atoms with E-state index in [0.717, 1.165) is 17.4 Å². The van der Waals surface area contributed by atoms with Gasteiger partial charge in [-0.15, -0.1) is 10.2 Å². The molecule has 0 spiro atoms. The summed E-state index contributed by atoms with van der Waals surface area (Å²) in [7, 11) is -5.00. The molecule has 35 heavy (non-hydrogen) atoms. The number of tetrazole rings is 1. The fourth-order valence-electron chi connectivity index (χ4n) is 3.49. The predicted octanol–water partition coefficient (Wildman–Crippen LogP) is 2.72. The molecule has 12 nitrogen and oxygen atoms in total. The molecule has 1 unspecified atom stereocenters. The normalized spacial score (nSPS) is 17.0. The number of rotatable bonds is 9. The van der Waals surface area contributed by atoms with Crippen LogP contribution in [0, 0.1) is 5.82 Å². The number of aromatic nitrogens is 5. The lowest BCUT2D eigenvalue weighted by atomic mass is 10.1. The van der Waals surface area contributed by atoms with Crippen LogP contribution >= 0.6 is 7.82 Å². The highest BCUT2D eigenvalue weighted by Gasteiger charge is 2.41. The molecular weight excluding hydrogens is 489 g/mol. The topological polar surface area (TPSA) is 153 Å². The van der Waals surface area contributed by atoms with Gasteiger partial charge in [-0.2, -0.15) is 4.80 Å². The molecule has 0 aliphatic carbocycles. The largest absolute Gasteiger partial charge is 0.470 e. The zero-order chi connectivity index (χ0) is 25.2. The number of phosphoric acid groups is 1. The summed E-state index contributed by atoms with van der Waals surface area (Å²) in [6.07, 6.45) is -1.57. The predicted molar refractivity (Wildman–Crippen MR) is 117 cm³/mol. The number of amides is 1. The van der Waals surface area contributed by atoms with Crippen LogP contribution in [-0.4, -0.2) is 66.5 Å². The van der Waals surface area contributed by atoms with E-state index in [1.54, 1.807) is 12.1 Å². The van der Waals surface area contributed by atoms with Gasteiger partial charge in [-0.25, -0.2) is 18.1 Å². The summed E-state index contributed by atoms with van der Waals surface area (Å²) in [5.41, 5.74) is 1.27. The molecule has 0 radical (unpaired) electrons. The van der Waals surface area contributed by atoms with E-state index < -0.39 is 38.6 Å². The van der Waals surface area contributed by atoms with Gasteiger partial charge in [0.25, 0.3) is 0 Å². The average molecular weight is 510 g/mol. The Hall–Kier alpha value is -3.32. The Morgan fingerprint density at radius 1 is 1.31 bits per heavy atom. The molecule has 3 aromatic rings. The highest BCUT2D eigenvalue weighted by atomic mass is 31.2. The van der Waals surface area contributed by atoms with Crippen LogP contribution in [0.2, 0.25) is 0 Å². The molecule has 1 amide bonds. The third kappa shape index (κ3) is 5.68. The molecule has 1 fully saturated rings. The van der Waals surface area contributed by atoms with E-state index in [1.165, 1.54) is 23.1 Å². The molecule has 1 saturated heterocycles. The Balaban J connectivity index is 1.49. The first kappa shape index (κ1) is 24.8. The van der Waals surface area contributed by atoms with E-state index in [-0.39, 0.29) is 17.8 Å². The summed E-state index contributed by atoms with van der Waals surface area (Å²) in [4.78, 5) is 36.8. The summed E-state index contributed by atoms with van der Waals surface area (Å²) >= 11 is 0. The van der Waals surface area contributed by atoms with Gasteiger partial charge >= 0.3 is 13.9 Å². The number of pyridine rings is 1. The van der Waals surface area contributed by atoms with Crippen molar-refractivity contribution >= 4 is 19.6 Å². The van der Waals surface area contributed by atoms with Crippen molar-refractivity contribution in [1.82, 2.24) is 25.2 Å². The highest BCUT2D eigenvalue weighted by molar-refractivity contribution is 7.46. The van der Waals surface area contributed by atoms with Crippen molar-refractivity contribution in [2.24, 2.45) is 0 Å². The zero-order valence-electron chi connectivity index (χ0n) is 18.4. The van der Waals surface area contributed by atoms with Crippen molar-refractivity contribution in [3.63, 3.8) is 0 Å². The van der Waals surface area contributed by atoms with Crippen LogP contribution in [0.15, 0.2) is 36.5 Å². The first-order chi connectivity index (χ1) is 16.7. The Kier molecular flexibility index (Phi) is 7.17. The van der Waals surface area contributed by atoms with E-state index in [4.69, 9.17) is 14.5 Å². The number of anilines is 1. The number of alkyl halides is 1. The molecule has 2 atom stereocenters. The number of nitrogens with zero attached hydrogens (tertiary/aromatic N) is 6. The van der Waals surface area contributed by atoms with Crippen LogP contribution in [0.4, 0.5) is 19.3 Å². The number of ether oxygens (including phenoxy) is 1. The Labute approximate surface area is 197 Å². The minimum absolute atomic E-state index is 0.119. The fraction of sp³-hybridized carbons (Fsp3) is 0.350. The highest BCUT2D eigenvalue weighted by Crippen LogP contribution is 2.40. The van der Waals surface area contributed by atoms with Gasteiger partial charge in [0, 0.05) is 17.3 Å².